The standard InChI is InChI=1S/C18H20BrN5O/c1-11-8-21-18(22-13-3-5-14(25)6-4-13)23-17(11)15-9-20-16-7-2-12(19)10-24(15)16/h2,7-10,13-14,25H,3-6H2,1H3,(H,21,22,23)/t13-,14-. The van der Waals surface area contributed by atoms with Crippen molar-refractivity contribution in [1.29, 1.82) is 0 Å². The molecule has 0 radical (unpaired) electrons. The van der Waals surface area contributed by atoms with Crippen molar-refractivity contribution in [2.45, 2.75) is 44.8 Å². The van der Waals surface area contributed by atoms with Gasteiger partial charge in [-0.15, -0.1) is 0 Å². The summed E-state index contributed by atoms with van der Waals surface area (Å²) in [7, 11) is 0. The molecule has 3 heterocycles. The number of nitrogens with zero attached hydrogens (tertiary/aromatic N) is 4. The Hall–Kier alpha value is -1.99. The molecular weight excluding hydrogens is 382 g/mol. The van der Waals surface area contributed by atoms with Gasteiger partial charge in [-0.1, -0.05) is 0 Å². The Morgan fingerprint density at radius 2 is 1.96 bits per heavy atom. The molecule has 0 aromatic carbocycles. The Bertz CT molecular complexity index is 902. The molecule has 0 unspecified atom stereocenters. The lowest BCUT2D eigenvalue weighted by atomic mass is 9.93. The molecule has 130 valence electrons. The summed E-state index contributed by atoms with van der Waals surface area (Å²) in [6, 6.07) is 4.26. The van der Waals surface area contributed by atoms with Crippen molar-refractivity contribution in [3.63, 3.8) is 0 Å². The molecule has 0 bridgehead atoms. The lowest BCUT2D eigenvalue weighted by Crippen LogP contribution is -2.29. The van der Waals surface area contributed by atoms with Gasteiger partial charge < -0.3 is 10.4 Å². The van der Waals surface area contributed by atoms with E-state index in [0.29, 0.717) is 12.0 Å². The molecule has 0 saturated heterocycles. The van der Waals surface area contributed by atoms with Crippen LogP contribution in [0.15, 0.2) is 35.2 Å². The second kappa shape index (κ2) is 6.72. The Labute approximate surface area is 154 Å². The molecule has 7 heteroatoms. The molecule has 3 aromatic heterocycles. The number of aromatic nitrogens is 4. The Morgan fingerprint density at radius 3 is 2.76 bits per heavy atom. The summed E-state index contributed by atoms with van der Waals surface area (Å²) < 4.78 is 3.02. The molecule has 0 aliphatic heterocycles. The number of nitrogens with one attached hydrogen (secondary N) is 1. The van der Waals surface area contributed by atoms with Gasteiger partial charge >= 0.3 is 0 Å². The average molecular weight is 402 g/mol. The Morgan fingerprint density at radius 1 is 1.16 bits per heavy atom. The maximum absolute atomic E-state index is 9.65. The number of anilines is 1. The molecule has 1 aliphatic rings. The van der Waals surface area contributed by atoms with Crippen molar-refractivity contribution < 1.29 is 5.11 Å². The second-order valence-corrected chi connectivity index (χ2v) is 7.51. The summed E-state index contributed by atoms with van der Waals surface area (Å²) in [5, 5.41) is 13.1. The van der Waals surface area contributed by atoms with Gasteiger partial charge in [-0.2, -0.15) is 0 Å². The van der Waals surface area contributed by atoms with E-state index in [1.807, 2.05) is 42.0 Å². The van der Waals surface area contributed by atoms with Crippen molar-refractivity contribution in [2.24, 2.45) is 0 Å². The SMILES string of the molecule is Cc1cnc(N[C@H]2CC[C@H](O)CC2)nc1-c1cnc2ccc(Br)cn12. The Balaban J connectivity index is 1.66. The molecule has 0 amide bonds. The molecule has 1 aliphatic carbocycles. The topological polar surface area (TPSA) is 75.3 Å². The summed E-state index contributed by atoms with van der Waals surface area (Å²) in [5.41, 5.74) is 3.70. The lowest BCUT2D eigenvalue weighted by molar-refractivity contribution is 0.126. The van der Waals surface area contributed by atoms with E-state index in [1.54, 1.807) is 0 Å². The number of pyridine rings is 1. The molecule has 0 spiro atoms. The minimum absolute atomic E-state index is 0.163. The molecule has 0 atom stereocenters. The van der Waals surface area contributed by atoms with Gasteiger partial charge in [0.2, 0.25) is 5.95 Å². The fourth-order valence-electron chi connectivity index (χ4n) is 3.30. The third-order valence-corrected chi connectivity index (χ3v) is 5.18. The van der Waals surface area contributed by atoms with E-state index in [0.717, 1.165) is 52.8 Å². The van der Waals surface area contributed by atoms with E-state index in [9.17, 15) is 5.11 Å². The van der Waals surface area contributed by atoms with E-state index < -0.39 is 0 Å². The number of aliphatic hydroxyl groups excluding tert-OH is 1. The highest BCUT2D eigenvalue weighted by Gasteiger charge is 2.20. The fourth-order valence-corrected chi connectivity index (χ4v) is 3.64. The minimum atomic E-state index is -0.163. The van der Waals surface area contributed by atoms with E-state index in [1.165, 1.54) is 0 Å². The van der Waals surface area contributed by atoms with Gasteiger partial charge in [0.15, 0.2) is 0 Å². The zero-order valence-electron chi connectivity index (χ0n) is 14.0. The van der Waals surface area contributed by atoms with Crippen LogP contribution >= 0.6 is 15.9 Å². The summed E-state index contributed by atoms with van der Waals surface area (Å²) >= 11 is 3.51. The monoisotopic (exact) mass is 401 g/mol. The molecule has 25 heavy (non-hydrogen) atoms. The molecule has 3 aromatic rings. The van der Waals surface area contributed by atoms with Crippen LogP contribution in [0.25, 0.3) is 17.0 Å². The highest BCUT2D eigenvalue weighted by Crippen LogP contribution is 2.26. The summed E-state index contributed by atoms with van der Waals surface area (Å²) in [6.07, 6.45) is 9.07. The maximum atomic E-state index is 9.65. The van der Waals surface area contributed by atoms with Crippen molar-refractivity contribution in [3.8, 4) is 11.4 Å². The van der Waals surface area contributed by atoms with Crippen LogP contribution in [-0.4, -0.2) is 36.6 Å². The number of hydrogen-bond donors (Lipinski definition) is 2. The first-order valence-electron chi connectivity index (χ1n) is 8.51. The number of halogens is 1. The number of imidazole rings is 1. The first-order chi connectivity index (χ1) is 12.1. The van der Waals surface area contributed by atoms with Crippen LogP contribution in [0, 0.1) is 6.92 Å². The van der Waals surface area contributed by atoms with Gasteiger partial charge in [-0.25, -0.2) is 15.0 Å². The number of fused-ring (bicyclic) bond motifs is 1. The number of aliphatic hydroxyl groups is 1. The number of rotatable bonds is 3. The van der Waals surface area contributed by atoms with Crippen LogP contribution in [0.5, 0.6) is 0 Å². The quantitative estimate of drug-likeness (QED) is 0.701. The fraction of sp³-hybridized carbons (Fsp3) is 0.389. The van der Waals surface area contributed by atoms with Gasteiger partial charge in [0.25, 0.3) is 0 Å². The van der Waals surface area contributed by atoms with Crippen LogP contribution in [0.3, 0.4) is 0 Å². The normalized spacial score (nSPS) is 20.8. The molecule has 1 fully saturated rings. The summed E-state index contributed by atoms with van der Waals surface area (Å²) in [4.78, 5) is 13.6. The van der Waals surface area contributed by atoms with Crippen LogP contribution in [-0.2, 0) is 0 Å². The maximum Gasteiger partial charge on any atom is 0.223 e. The highest BCUT2D eigenvalue weighted by molar-refractivity contribution is 9.10. The number of hydrogen-bond acceptors (Lipinski definition) is 5. The summed E-state index contributed by atoms with van der Waals surface area (Å²) in [6.45, 7) is 2.01. The lowest BCUT2D eigenvalue weighted by Gasteiger charge is -2.26. The molecule has 1 saturated carbocycles. The molecular formula is C18H20BrN5O. The van der Waals surface area contributed by atoms with Crippen LogP contribution in [0.1, 0.15) is 31.2 Å². The third kappa shape index (κ3) is 3.39. The van der Waals surface area contributed by atoms with E-state index in [4.69, 9.17) is 4.98 Å². The predicted molar refractivity (Wildman–Crippen MR) is 101 cm³/mol. The smallest absolute Gasteiger partial charge is 0.223 e. The van der Waals surface area contributed by atoms with E-state index in [2.05, 4.69) is 31.2 Å². The van der Waals surface area contributed by atoms with Crippen molar-refractivity contribution in [2.75, 3.05) is 5.32 Å². The minimum Gasteiger partial charge on any atom is -0.393 e. The van der Waals surface area contributed by atoms with Crippen LogP contribution < -0.4 is 5.32 Å². The van der Waals surface area contributed by atoms with Gasteiger partial charge in [0.05, 0.1) is 23.7 Å². The van der Waals surface area contributed by atoms with Gasteiger partial charge in [0, 0.05) is 22.9 Å². The molecule has 6 nitrogen and oxygen atoms in total. The van der Waals surface area contributed by atoms with E-state index >= 15 is 0 Å². The first kappa shape index (κ1) is 16.5. The van der Waals surface area contributed by atoms with Crippen molar-refractivity contribution >= 4 is 27.5 Å². The van der Waals surface area contributed by atoms with Crippen LogP contribution in [0.4, 0.5) is 5.95 Å². The molecule has 2 N–H and O–H groups in total. The zero-order chi connectivity index (χ0) is 17.4. The van der Waals surface area contributed by atoms with Gasteiger partial charge in [0.1, 0.15) is 5.65 Å². The third-order valence-electron chi connectivity index (χ3n) is 4.71. The van der Waals surface area contributed by atoms with Crippen LogP contribution in [0.2, 0.25) is 0 Å². The first-order valence-corrected chi connectivity index (χ1v) is 9.30. The van der Waals surface area contributed by atoms with Crippen molar-refractivity contribution in [1.82, 2.24) is 19.4 Å². The van der Waals surface area contributed by atoms with Gasteiger partial charge in [-0.3, -0.25) is 4.40 Å². The average Bonchev–Trinajstić information content (AvgIpc) is 3.01. The number of aryl methyl sites for hydroxylation is 1. The van der Waals surface area contributed by atoms with Crippen molar-refractivity contribution in [3.05, 3.63) is 40.8 Å². The zero-order valence-corrected chi connectivity index (χ0v) is 15.6. The van der Waals surface area contributed by atoms with Gasteiger partial charge in [-0.05, 0) is 66.2 Å². The summed E-state index contributed by atoms with van der Waals surface area (Å²) in [5.74, 6) is 0.631. The predicted octanol–water partition coefficient (Wildman–Crippen LogP) is 3.58. The van der Waals surface area contributed by atoms with E-state index in [-0.39, 0.29) is 6.10 Å². The highest BCUT2D eigenvalue weighted by atomic mass is 79.9. The largest absolute Gasteiger partial charge is 0.393 e. The Kier molecular flexibility index (Phi) is 4.43. The second-order valence-electron chi connectivity index (χ2n) is 6.59. The molecule has 4 rings (SSSR count).